The van der Waals surface area contributed by atoms with Gasteiger partial charge in [-0.15, -0.1) is 11.8 Å². The second kappa shape index (κ2) is 6.49. The summed E-state index contributed by atoms with van der Waals surface area (Å²) in [6, 6.07) is 10.6. The second-order valence-electron chi connectivity index (χ2n) is 4.63. The minimum absolute atomic E-state index is 0.0298. The van der Waals surface area contributed by atoms with Crippen LogP contribution in [0.15, 0.2) is 41.3 Å². The number of ether oxygens (including phenoxy) is 1. The average molecular weight is 304 g/mol. The van der Waals surface area contributed by atoms with E-state index in [0.29, 0.717) is 17.2 Å². The van der Waals surface area contributed by atoms with Gasteiger partial charge in [0.25, 0.3) is 5.69 Å². The van der Waals surface area contributed by atoms with E-state index in [2.05, 4.69) is 0 Å². The van der Waals surface area contributed by atoms with Gasteiger partial charge in [-0.1, -0.05) is 6.07 Å². The summed E-state index contributed by atoms with van der Waals surface area (Å²) in [4.78, 5) is 11.5. The van der Waals surface area contributed by atoms with Crippen LogP contribution < -0.4 is 10.5 Å². The Labute approximate surface area is 127 Å². The lowest BCUT2D eigenvalue weighted by atomic mass is 10.2. The first kappa shape index (κ1) is 15.2. The Hall–Kier alpha value is -2.21. The molecule has 0 fully saturated rings. The number of hydrogen-bond acceptors (Lipinski definition) is 5. The molecule has 0 aromatic heterocycles. The number of benzene rings is 2. The van der Waals surface area contributed by atoms with Gasteiger partial charge in [-0.3, -0.25) is 10.1 Å². The third kappa shape index (κ3) is 3.88. The number of nitrogen functional groups attached to an aromatic ring is 1. The fourth-order valence-electron chi connectivity index (χ4n) is 1.88. The highest BCUT2D eigenvalue weighted by Crippen LogP contribution is 2.31. The molecule has 0 amide bonds. The third-order valence-electron chi connectivity index (χ3n) is 2.96. The molecule has 0 saturated heterocycles. The predicted molar refractivity (Wildman–Crippen MR) is 84.8 cm³/mol. The fraction of sp³-hybridized carbons (Fsp3) is 0.200. The Balaban J connectivity index is 2.21. The van der Waals surface area contributed by atoms with Crippen molar-refractivity contribution < 1.29 is 9.66 Å². The molecular weight excluding hydrogens is 288 g/mol. The monoisotopic (exact) mass is 304 g/mol. The van der Waals surface area contributed by atoms with Crippen LogP contribution in [0.3, 0.4) is 0 Å². The quantitative estimate of drug-likeness (QED) is 0.393. The molecule has 21 heavy (non-hydrogen) atoms. The Bertz CT molecular complexity index is 674. The van der Waals surface area contributed by atoms with E-state index in [1.807, 2.05) is 25.1 Å². The van der Waals surface area contributed by atoms with Crippen molar-refractivity contribution in [3.63, 3.8) is 0 Å². The molecule has 2 aromatic carbocycles. The van der Waals surface area contributed by atoms with Crippen molar-refractivity contribution in [2.75, 3.05) is 12.8 Å². The van der Waals surface area contributed by atoms with Gasteiger partial charge in [-0.2, -0.15) is 0 Å². The highest BCUT2D eigenvalue weighted by atomic mass is 32.2. The Morgan fingerprint density at radius 1 is 1.29 bits per heavy atom. The summed E-state index contributed by atoms with van der Waals surface area (Å²) < 4.78 is 5.10. The number of rotatable bonds is 5. The molecule has 0 aliphatic heterocycles. The van der Waals surface area contributed by atoms with Gasteiger partial charge in [0.1, 0.15) is 5.75 Å². The summed E-state index contributed by atoms with van der Waals surface area (Å²) in [6.07, 6.45) is 0. The molecule has 2 rings (SSSR count). The molecule has 0 radical (unpaired) electrons. The average Bonchev–Trinajstić information content (AvgIpc) is 2.47. The first-order chi connectivity index (χ1) is 9.99. The van der Waals surface area contributed by atoms with Crippen LogP contribution in [0, 0.1) is 17.0 Å². The van der Waals surface area contributed by atoms with E-state index in [9.17, 15) is 10.1 Å². The van der Waals surface area contributed by atoms with Crippen LogP contribution in [0.5, 0.6) is 5.75 Å². The van der Waals surface area contributed by atoms with Gasteiger partial charge in [-0.25, -0.2) is 0 Å². The van der Waals surface area contributed by atoms with Crippen LogP contribution >= 0.6 is 11.8 Å². The van der Waals surface area contributed by atoms with Crippen LogP contribution in [0.1, 0.15) is 11.1 Å². The van der Waals surface area contributed by atoms with Crippen LogP contribution in [0.25, 0.3) is 0 Å². The molecule has 5 nitrogen and oxygen atoms in total. The van der Waals surface area contributed by atoms with E-state index in [0.717, 1.165) is 16.0 Å². The zero-order valence-electron chi connectivity index (χ0n) is 11.8. The molecule has 0 unspecified atom stereocenters. The predicted octanol–water partition coefficient (Wildman–Crippen LogP) is 3.79. The molecule has 2 aromatic rings. The zero-order chi connectivity index (χ0) is 15.4. The van der Waals surface area contributed by atoms with Gasteiger partial charge >= 0.3 is 0 Å². The van der Waals surface area contributed by atoms with Gasteiger partial charge < -0.3 is 10.5 Å². The lowest BCUT2D eigenvalue weighted by molar-refractivity contribution is -0.385. The molecule has 0 aliphatic carbocycles. The smallest absolute Gasteiger partial charge is 0.273 e. The largest absolute Gasteiger partial charge is 0.496 e. The van der Waals surface area contributed by atoms with Crippen molar-refractivity contribution in [2.45, 2.75) is 17.6 Å². The van der Waals surface area contributed by atoms with Gasteiger partial charge in [0.2, 0.25) is 0 Å². The summed E-state index contributed by atoms with van der Waals surface area (Å²) in [5.74, 6) is 1.07. The molecule has 110 valence electrons. The molecule has 0 atom stereocenters. The van der Waals surface area contributed by atoms with Crippen LogP contribution in [0.2, 0.25) is 0 Å². The number of anilines is 1. The van der Waals surface area contributed by atoms with E-state index in [-0.39, 0.29) is 5.69 Å². The standard InChI is InChI=1S/C15H16N2O3S/c1-10-3-4-14(16)15(5-10)21-9-11-6-12(17(18)19)8-13(7-11)20-2/h3-8H,9,16H2,1-2H3. The number of non-ortho nitro benzene ring substituents is 1. The number of hydrogen-bond donors (Lipinski definition) is 1. The summed E-state index contributed by atoms with van der Waals surface area (Å²) in [7, 11) is 1.49. The Morgan fingerprint density at radius 2 is 2.05 bits per heavy atom. The van der Waals surface area contributed by atoms with E-state index < -0.39 is 4.92 Å². The number of nitro benzene ring substituents is 1. The maximum atomic E-state index is 10.9. The van der Waals surface area contributed by atoms with E-state index in [1.165, 1.54) is 13.2 Å². The molecule has 0 aliphatic rings. The molecule has 0 spiro atoms. The number of nitro groups is 1. The molecular formula is C15H16N2O3S. The highest BCUT2D eigenvalue weighted by molar-refractivity contribution is 7.98. The van der Waals surface area contributed by atoms with Crippen molar-refractivity contribution >= 4 is 23.1 Å². The maximum Gasteiger partial charge on any atom is 0.273 e. The van der Waals surface area contributed by atoms with Gasteiger partial charge in [0.05, 0.1) is 18.1 Å². The SMILES string of the molecule is COc1cc(CSc2cc(C)ccc2N)cc([N+](=O)[O-])c1. The van der Waals surface area contributed by atoms with Crippen molar-refractivity contribution in [1.29, 1.82) is 0 Å². The summed E-state index contributed by atoms with van der Waals surface area (Å²) in [5, 5.41) is 10.9. The topological polar surface area (TPSA) is 78.4 Å². The van der Waals surface area contributed by atoms with E-state index in [1.54, 1.807) is 23.9 Å². The molecule has 0 saturated carbocycles. The minimum atomic E-state index is -0.419. The molecule has 6 heteroatoms. The van der Waals surface area contributed by atoms with Crippen LogP contribution in [0.4, 0.5) is 11.4 Å². The summed E-state index contributed by atoms with van der Waals surface area (Å²) in [6.45, 7) is 2.00. The van der Waals surface area contributed by atoms with Crippen molar-refractivity contribution in [2.24, 2.45) is 0 Å². The lowest BCUT2D eigenvalue weighted by Gasteiger charge is -2.08. The summed E-state index contributed by atoms with van der Waals surface area (Å²) >= 11 is 1.55. The maximum absolute atomic E-state index is 10.9. The zero-order valence-corrected chi connectivity index (χ0v) is 12.6. The van der Waals surface area contributed by atoms with Gasteiger partial charge in [0, 0.05) is 22.4 Å². The fourth-order valence-corrected chi connectivity index (χ4v) is 2.87. The molecule has 2 N–H and O–H groups in total. The number of aryl methyl sites for hydroxylation is 1. The first-order valence-electron chi connectivity index (χ1n) is 6.31. The highest BCUT2D eigenvalue weighted by Gasteiger charge is 2.11. The second-order valence-corrected chi connectivity index (χ2v) is 5.64. The van der Waals surface area contributed by atoms with Gasteiger partial charge in [-0.05, 0) is 36.2 Å². The number of methoxy groups -OCH3 is 1. The van der Waals surface area contributed by atoms with Gasteiger partial charge in [0.15, 0.2) is 0 Å². The van der Waals surface area contributed by atoms with Crippen LogP contribution in [-0.4, -0.2) is 12.0 Å². The Morgan fingerprint density at radius 3 is 2.71 bits per heavy atom. The van der Waals surface area contributed by atoms with E-state index >= 15 is 0 Å². The third-order valence-corrected chi connectivity index (χ3v) is 4.10. The minimum Gasteiger partial charge on any atom is -0.496 e. The number of nitrogens with zero attached hydrogens (tertiary/aromatic N) is 1. The Kier molecular flexibility index (Phi) is 4.70. The lowest BCUT2D eigenvalue weighted by Crippen LogP contribution is -1.94. The van der Waals surface area contributed by atoms with Crippen LogP contribution in [-0.2, 0) is 5.75 Å². The number of nitrogens with two attached hydrogens (primary N) is 1. The first-order valence-corrected chi connectivity index (χ1v) is 7.29. The number of thioether (sulfide) groups is 1. The summed E-state index contributed by atoms with van der Waals surface area (Å²) in [5.41, 5.74) is 8.63. The van der Waals surface area contributed by atoms with Crippen molar-refractivity contribution in [1.82, 2.24) is 0 Å². The molecule has 0 heterocycles. The van der Waals surface area contributed by atoms with Crippen molar-refractivity contribution in [3.05, 3.63) is 57.6 Å². The van der Waals surface area contributed by atoms with Crippen molar-refractivity contribution in [3.8, 4) is 5.75 Å². The normalized spacial score (nSPS) is 10.4. The molecule has 0 bridgehead atoms. The van der Waals surface area contributed by atoms with E-state index in [4.69, 9.17) is 10.5 Å².